The molecule has 1 aromatic carbocycles. The number of pyridine rings is 2. The van der Waals surface area contributed by atoms with E-state index < -0.39 is 0 Å². The van der Waals surface area contributed by atoms with Gasteiger partial charge in [-0.25, -0.2) is 9.97 Å². The van der Waals surface area contributed by atoms with Gasteiger partial charge >= 0.3 is 0 Å². The van der Waals surface area contributed by atoms with E-state index in [0.29, 0.717) is 65.1 Å². The molecule has 3 heterocycles. The van der Waals surface area contributed by atoms with E-state index in [1.54, 1.807) is 49.7 Å². The molecule has 1 aliphatic heterocycles. The van der Waals surface area contributed by atoms with Gasteiger partial charge in [-0.1, -0.05) is 23.2 Å². The lowest BCUT2D eigenvalue weighted by molar-refractivity contribution is 0.0948. The quantitative estimate of drug-likeness (QED) is 0.517. The van der Waals surface area contributed by atoms with Gasteiger partial charge in [0, 0.05) is 34.9 Å². The first-order valence-corrected chi connectivity index (χ1v) is 11.4. The van der Waals surface area contributed by atoms with Crippen LogP contribution in [-0.4, -0.2) is 56.4 Å². The number of benzene rings is 1. The Morgan fingerprint density at radius 1 is 1.06 bits per heavy atom. The Hall–Kier alpha value is -3.07. The molecule has 2 aromatic heterocycles. The molecule has 178 valence electrons. The fourth-order valence-electron chi connectivity index (χ4n) is 3.66. The third-order valence-electron chi connectivity index (χ3n) is 5.34. The molecule has 10 heteroatoms. The van der Waals surface area contributed by atoms with Crippen molar-refractivity contribution < 1.29 is 19.0 Å². The highest BCUT2D eigenvalue weighted by Crippen LogP contribution is 2.30. The van der Waals surface area contributed by atoms with Gasteiger partial charge in [-0.05, 0) is 42.0 Å². The summed E-state index contributed by atoms with van der Waals surface area (Å²) in [7, 11) is 3.06. The summed E-state index contributed by atoms with van der Waals surface area (Å²) in [6.45, 7) is 2.64. The van der Waals surface area contributed by atoms with Crippen LogP contribution in [0.25, 0.3) is 11.1 Å². The number of hydrogen-bond donors (Lipinski definition) is 1. The molecule has 1 amide bonds. The molecule has 1 aliphatic rings. The number of amides is 1. The molecule has 34 heavy (non-hydrogen) atoms. The third-order valence-corrected chi connectivity index (χ3v) is 5.78. The Labute approximate surface area is 207 Å². The van der Waals surface area contributed by atoms with Crippen molar-refractivity contribution in [1.29, 1.82) is 0 Å². The van der Waals surface area contributed by atoms with Crippen LogP contribution in [0.1, 0.15) is 16.1 Å². The number of methoxy groups -OCH3 is 2. The maximum Gasteiger partial charge on any atom is 0.257 e. The van der Waals surface area contributed by atoms with Gasteiger partial charge in [-0.15, -0.1) is 0 Å². The maximum absolute atomic E-state index is 13.3. The van der Waals surface area contributed by atoms with E-state index >= 15 is 0 Å². The highest BCUT2D eigenvalue weighted by molar-refractivity contribution is 6.35. The summed E-state index contributed by atoms with van der Waals surface area (Å²) in [5.74, 6) is 1.19. The Morgan fingerprint density at radius 2 is 1.79 bits per heavy atom. The van der Waals surface area contributed by atoms with Crippen molar-refractivity contribution in [2.75, 3.05) is 45.4 Å². The maximum atomic E-state index is 13.3. The Kier molecular flexibility index (Phi) is 7.72. The Bertz CT molecular complexity index is 1170. The molecule has 0 unspecified atom stereocenters. The summed E-state index contributed by atoms with van der Waals surface area (Å²) >= 11 is 12.4. The van der Waals surface area contributed by atoms with Gasteiger partial charge in [0.2, 0.25) is 0 Å². The number of rotatable bonds is 7. The standard InChI is InChI=1S/C24H24Cl2N4O4/c1-32-21-4-3-19(29-24(21)33-2)14-28-23(31)20-11-16(15-9-17(25)12-18(26)10-15)13-27-22(20)30-5-7-34-8-6-30/h3-4,9-13H,5-8,14H2,1-2H3,(H,28,31). The number of carbonyl (C=O) groups is 1. The predicted octanol–water partition coefficient (Wildman–Crippen LogP) is 4.23. The van der Waals surface area contributed by atoms with Crippen molar-refractivity contribution >= 4 is 34.9 Å². The number of nitrogens with zero attached hydrogens (tertiary/aromatic N) is 3. The zero-order valence-electron chi connectivity index (χ0n) is 18.8. The van der Waals surface area contributed by atoms with Gasteiger partial charge < -0.3 is 24.4 Å². The van der Waals surface area contributed by atoms with Gasteiger partial charge in [0.05, 0.1) is 45.2 Å². The smallest absolute Gasteiger partial charge is 0.257 e. The summed E-state index contributed by atoms with van der Waals surface area (Å²) in [4.78, 5) is 24.4. The first-order valence-electron chi connectivity index (χ1n) is 10.6. The zero-order chi connectivity index (χ0) is 24.1. The molecule has 0 aliphatic carbocycles. The average molecular weight is 503 g/mol. The average Bonchev–Trinajstić information content (AvgIpc) is 2.86. The van der Waals surface area contributed by atoms with Crippen molar-refractivity contribution in [3.63, 3.8) is 0 Å². The first kappa shape index (κ1) is 24.1. The molecular formula is C24H24Cl2N4O4. The van der Waals surface area contributed by atoms with Crippen molar-refractivity contribution in [2.24, 2.45) is 0 Å². The topological polar surface area (TPSA) is 85.8 Å². The zero-order valence-corrected chi connectivity index (χ0v) is 20.3. The summed E-state index contributed by atoms with van der Waals surface area (Å²) in [6, 6.07) is 10.6. The Balaban J connectivity index is 1.63. The summed E-state index contributed by atoms with van der Waals surface area (Å²) in [5, 5.41) is 3.95. The SMILES string of the molecule is COc1ccc(CNC(=O)c2cc(-c3cc(Cl)cc(Cl)c3)cnc2N2CCOCC2)nc1OC. The van der Waals surface area contributed by atoms with Crippen LogP contribution >= 0.6 is 23.2 Å². The minimum Gasteiger partial charge on any atom is -0.491 e. The van der Waals surface area contributed by atoms with Crippen LogP contribution in [-0.2, 0) is 11.3 Å². The van der Waals surface area contributed by atoms with E-state index in [1.165, 1.54) is 7.11 Å². The summed E-state index contributed by atoms with van der Waals surface area (Å²) in [5.41, 5.74) is 2.57. The van der Waals surface area contributed by atoms with Crippen LogP contribution in [0.3, 0.4) is 0 Å². The van der Waals surface area contributed by atoms with E-state index in [-0.39, 0.29) is 12.5 Å². The lowest BCUT2D eigenvalue weighted by atomic mass is 10.0. The lowest BCUT2D eigenvalue weighted by Crippen LogP contribution is -2.38. The van der Waals surface area contributed by atoms with Crippen molar-refractivity contribution in [3.05, 3.63) is 63.9 Å². The van der Waals surface area contributed by atoms with Gasteiger partial charge in [0.15, 0.2) is 5.75 Å². The molecule has 0 spiro atoms. The van der Waals surface area contributed by atoms with Crippen molar-refractivity contribution in [2.45, 2.75) is 6.54 Å². The second kappa shape index (κ2) is 10.9. The van der Waals surface area contributed by atoms with Crippen LogP contribution in [0, 0.1) is 0 Å². The molecule has 1 fully saturated rings. The van der Waals surface area contributed by atoms with E-state index in [9.17, 15) is 4.79 Å². The van der Waals surface area contributed by atoms with E-state index in [1.807, 2.05) is 4.90 Å². The molecule has 8 nitrogen and oxygen atoms in total. The molecule has 1 saturated heterocycles. The third kappa shape index (κ3) is 5.52. The molecule has 0 saturated carbocycles. The number of morpholine rings is 1. The number of halogens is 2. The number of carbonyl (C=O) groups excluding carboxylic acids is 1. The van der Waals surface area contributed by atoms with Crippen molar-refractivity contribution in [3.8, 4) is 22.8 Å². The normalized spacial score (nSPS) is 13.5. The molecule has 0 bridgehead atoms. The summed E-state index contributed by atoms with van der Waals surface area (Å²) < 4.78 is 15.9. The van der Waals surface area contributed by atoms with E-state index in [2.05, 4.69) is 15.3 Å². The minimum absolute atomic E-state index is 0.203. The van der Waals surface area contributed by atoms with Crippen LogP contribution < -0.4 is 19.7 Å². The van der Waals surface area contributed by atoms with Crippen LogP contribution in [0.15, 0.2) is 42.6 Å². The monoisotopic (exact) mass is 502 g/mol. The van der Waals surface area contributed by atoms with E-state index in [0.717, 1.165) is 11.1 Å². The van der Waals surface area contributed by atoms with Crippen LogP contribution in [0.2, 0.25) is 10.0 Å². The number of ether oxygens (including phenoxy) is 3. The Morgan fingerprint density at radius 3 is 2.47 bits per heavy atom. The molecule has 0 atom stereocenters. The largest absolute Gasteiger partial charge is 0.491 e. The number of nitrogens with one attached hydrogen (secondary N) is 1. The predicted molar refractivity (Wildman–Crippen MR) is 131 cm³/mol. The van der Waals surface area contributed by atoms with Crippen LogP contribution in [0.4, 0.5) is 5.82 Å². The molecule has 3 aromatic rings. The number of anilines is 1. The lowest BCUT2D eigenvalue weighted by Gasteiger charge is -2.29. The first-order chi connectivity index (χ1) is 16.5. The molecule has 4 rings (SSSR count). The molecular weight excluding hydrogens is 479 g/mol. The van der Waals surface area contributed by atoms with Gasteiger partial charge in [-0.3, -0.25) is 4.79 Å². The highest BCUT2D eigenvalue weighted by Gasteiger charge is 2.22. The van der Waals surface area contributed by atoms with Crippen molar-refractivity contribution in [1.82, 2.24) is 15.3 Å². The van der Waals surface area contributed by atoms with E-state index in [4.69, 9.17) is 37.4 Å². The molecule has 0 radical (unpaired) electrons. The second-order valence-corrected chi connectivity index (χ2v) is 8.42. The highest BCUT2D eigenvalue weighted by atomic mass is 35.5. The van der Waals surface area contributed by atoms with Gasteiger partial charge in [0.25, 0.3) is 11.8 Å². The van der Waals surface area contributed by atoms with Gasteiger partial charge in [-0.2, -0.15) is 0 Å². The minimum atomic E-state index is -0.277. The summed E-state index contributed by atoms with van der Waals surface area (Å²) in [6.07, 6.45) is 1.72. The number of hydrogen-bond acceptors (Lipinski definition) is 7. The van der Waals surface area contributed by atoms with Gasteiger partial charge in [0.1, 0.15) is 5.82 Å². The second-order valence-electron chi connectivity index (χ2n) is 7.55. The molecule has 1 N–H and O–H groups in total. The fraction of sp³-hybridized carbons (Fsp3) is 0.292. The number of aromatic nitrogens is 2. The van der Waals surface area contributed by atoms with Crippen LogP contribution in [0.5, 0.6) is 11.6 Å². The fourth-order valence-corrected chi connectivity index (χ4v) is 4.19.